The van der Waals surface area contributed by atoms with Crippen molar-refractivity contribution in [3.05, 3.63) is 21.1 Å². The van der Waals surface area contributed by atoms with Gasteiger partial charge < -0.3 is 18.9 Å². The first-order valence-electron chi connectivity index (χ1n) is 5.70. The van der Waals surface area contributed by atoms with Crippen LogP contribution in [0.15, 0.2) is 21.1 Å². The second-order valence-corrected chi connectivity index (χ2v) is 5.95. The van der Waals surface area contributed by atoms with Crippen LogP contribution in [0.2, 0.25) is 0 Å². The Bertz CT molecular complexity index is 402. The molecule has 0 aromatic heterocycles. The topological polar surface area (TPSA) is 43.5 Å². The average molecular weight is 380 g/mol. The molecule has 2 aliphatic rings. The average Bonchev–Trinajstić information content (AvgIpc) is 3.22. The zero-order chi connectivity index (χ0) is 12.5. The zero-order valence-corrected chi connectivity index (χ0v) is 12.7. The quantitative estimate of drug-likeness (QED) is 0.713. The molecule has 0 N–H and O–H groups in total. The molecule has 2 heterocycles. The summed E-state index contributed by atoms with van der Waals surface area (Å²) in [7, 11) is 0. The number of rotatable bonds is 6. The van der Waals surface area contributed by atoms with E-state index in [2.05, 4.69) is 31.9 Å². The van der Waals surface area contributed by atoms with Gasteiger partial charge in [0.1, 0.15) is 36.9 Å². The summed E-state index contributed by atoms with van der Waals surface area (Å²) < 4.78 is 23.3. The van der Waals surface area contributed by atoms with E-state index in [-0.39, 0.29) is 12.2 Å². The van der Waals surface area contributed by atoms with Gasteiger partial charge in [-0.25, -0.2) is 0 Å². The van der Waals surface area contributed by atoms with Crippen LogP contribution in [0.3, 0.4) is 0 Å². The monoisotopic (exact) mass is 378 g/mol. The maximum atomic E-state index is 5.65. The van der Waals surface area contributed by atoms with Crippen molar-refractivity contribution in [3.63, 3.8) is 0 Å². The van der Waals surface area contributed by atoms with Crippen LogP contribution in [0.25, 0.3) is 0 Å². The lowest BCUT2D eigenvalue weighted by Gasteiger charge is -2.11. The Morgan fingerprint density at radius 3 is 1.67 bits per heavy atom. The van der Waals surface area contributed by atoms with Gasteiger partial charge in [-0.15, -0.1) is 0 Å². The van der Waals surface area contributed by atoms with Crippen molar-refractivity contribution >= 4 is 31.9 Å². The second kappa shape index (κ2) is 5.36. The normalized spacial score (nSPS) is 24.8. The standard InChI is InChI=1S/C12H12Br2O4/c13-9-1-11(17-5-7-3-15-7)10(14)2-12(9)18-6-8-4-16-8/h1-2,7-8H,3-6H2. The minimum absolute atomic E-state index is 0.249. The first-order valence-corrected chi connectivity index (χ1v) is 7.29. The first-order chi connectivity index (χ1) is 8.72. The van der Waals surface area contributed by atoms with Gasteiger partial charge in [0.05, 0.1) is 22.2 Å². The van der Waals surface area contributed by atoms with Gasteiger partial charge in [0.25, 0.3) is 0 Å². The predicted molar refractivity (Wildman–Crippen MR) is 72.3 cm³/mol. The van der Waals surface area contributed by atoms with Gasteiger partial charge in [0, 0.05) is 0 Å². The van der Waals surface area contributed by atoms with Crippen molar-refractivity contribution in [3.8, 4) is 11.5 Å². The van der Waals surface area contributed by atoms with Crippen LogP contribution in [0.5, 0.6) is 11.5 Å². The molecule has 4 nitrogen and oxygen atoms in total. The summed E-state index contributed by atoms with van der Waals surface area (Å²) in [5, 5.41) is 0. The molecule has 98 valence electrons. The summed E-state index contributed by atoms with van der Waals surface area (Å²) in [5.74, 6) is 1.57. The van der Waals surface area contributed by atoms with Gasteiger partial charge in [0.15, 0.2) is 0 Å². The third-order valence-corrected chi connectivity index (χ3v) is 3.88. The maximum absolute atomic E-state index is 5.65. The van der Waals surface area contributed by atoms with Crippen LogP contribution >= 0.6 is 31.9 Å². The molecule has 2 aliphatic heterocycles. The van der Waals surface area contributed by atoms with Crippen molar-refractivity contribution in [1.29, 1.82) is 0 Å². The summed E-state index contributed by atoms with van der Waals surface area (Å²) in [4.78, 5) is 0. The number of halogens is 2. The molecule has 0 radical (unpaired) electrons. The molecule has 2 atom stereocenters. The highest BCUT2D eigenvalue weighted by molar-refractivity contribution is 9.11. The maximum Gasteiger partial charge on any atom is 0.135 e. The molecule has 1 aromatic rings. The predicted octanol–water partition coefficient (Wildman–Crippen LogP) is 2.77. The van der Waals surface area contributed by atoms with E-state index in [1.165, 1.54) is 0 Å². The summed E-state index contributed by atoms with van der Waals surface area (Å²) in [6.45, 7) is 2.76. The molecule has 3 rings (SSSR count). The fourth-order valence-corrected chi connectivity index (χ4v) is 2.30. The lowest BCUT2D eigenvalue weighted by Crippen LogP contribution is -2.06. The van der Waals surface area contributed by atoms with E-state index in [0.29, 0.717) is 13.2 Å². The molecule has 0 saturated carbocycles. The Morgan fingerprint density at radius 2 is 1.33 bits per heavy atom. The second-order valence-electron chi connectivity index (χ2n) is 4.25. The molecule has 18 heavy (non-hydrogen) atoms. The highest BCUT2D eigenvalue weighted by atomic mass is 79.9. The molecule has 2 unspecified atom stereocenters. The van der Waals surface area contributed by atoms with Crippen molar-refractivity contribution < 1.29 is 18.9 Å². The fraction of sp³-hybridized carbons (Fsp3) is 0.500. The number of epoxide rings is 2. The Morgan fingerprint density at radius 1 is 0.944 bits per heavy atom. The van der Waals surface area contributed by atoms with Gasteiger partial charge in [0.2, 0.25) is 0 Å². The summed E-state index contributed by atoms with van der Waals surface area (Å²) in [5.41, 5.74) is 0. The van der Waals surface area contributed by atoms with Crippen LogP contribution in [-0.4, -0.2) is 38.6 Å². The first kappa shape index (κ1) is 12.7. The third kappa shape index (κ3) is 3.38. The van der Waals surface area contributed by atoms with E-state index in [1.54, 1.807) is 0 Å². The SMILES string of the molecule is Brc1cc(OCC2CO2)c(Br)cc1OCC1CO1. The number of hydrogen-bond acceptors (Lipinski definition) is 4. The molecule has 2 saturated heterocycles. The van der Waals surface area contributed by atoms with E-state index < -0.39 is 0 Å². The van der Waals surface area contributed by atoms with Crippen molar-refractivity contribution in [1.82, 2.24) is 0 Å². The molecular formula is C12H12Br2O4. The number of hydrogen-bond donors (Lipinski definition) is 0. The van der Waals surface area contributed by atoms with Crippen LogP contribution in [-0.2, 0) is 9.47 Å². The molecule has 6 heteroatoms. The largest absolute Gasteiger partial charge is 0.490 e. The number of ether oxygens (including phenoxy) is 4. The van der Waals surface area contributed by atoms with E-state index in [9.17, 15) is 0 Å². The zero-order valence-electron chi connectivity index (χ0n) is 9.53. The van der Waals surface area contributed by atoms with Crippen molar-refractivity contribution in [2.45, 2.75) is 12.2 Å². The Balaban J connectivity index is 1.64. The van der Waals surface area contributed by atoms with E-state index in [0.717, 1.165) is 33.7 Å². The van der Waals surface area contributed by atoms with Gasteiger partial charge in [-0.2, -0.15) is 0 Å². The Kier molecular flexibility index (Phi) is 3.79. The van der Waals surface area contributed by atoms with Crippen molar-refractivity contribution in [2.75, 3.05) is 26.4 Å². The molecule has 0 amide bonds. The molecule has 0 aliphatic carbocycles. The van der Waals surface area contributed by atoms with Gasteiger partial charge in [-0.3, -0.25) is 0 Å². The lowest BCUT2D eigenvalue weighted by atomic mass is 10.3. The lowest BCUT2D eigenvalue weighted by molar-refractivity contribution is 0.255. The molecule has 2 fully saturated rings. The van der Waals surface area contributed by atoms with Crippen LogP contribution < -0.4 is 9.47 Å². The van der Waals surface area contributed by atoms with Crippen molar-refractivity contribution in [2.24, 2.45) is 0 Å². The van der Waals surface area contributed by atoms with Gasteiger partial charge >= 0.3 is 0 Å². The number of benzene rings is 1. The minimum Gasteiger partial charge on any atom is -0.490 e. The van der Waals surface area contributed by atoms with E-state index in [4.69, 9.17) is 18.9 Å². The third-order valence-electron chi connectivity index (χ3n) is 2.64. The van der Waals surface area contributed by atoms with Crippen LogP contribution in [0.4, 0.5) is 0 Å². The Labute approximate surface area is 122 Å². The van der Waals surface area contributed by atoms with E-state index >= 15 is 0 Å². The van der Waals surface area contributed by atoms with Gasteiger partial charge in [-0.05, 0) is 44.0 Å². The van der Waals surface area contributed by atoms with Crippen LogP contribution in [0.1, 0.15) is 0 Å². The smallest absolute Gasteiger partial charge is 0.135 e. The molecular weight excluding hydrogens is 368 g/mol. The summed E-state index contributed by atoms with van der Waals surface area (Å²) in [6.07, 6.45) is 0.497. The molecule has 0 bridgehead atoms. The fourth-order valence-electron chi connectivity index (χ4n) is 1.43. The van der Waals surface area contributed by atoms with Gasteiger partial charge in [-0.1, -0.05) is 0 Å². The Hall–Kier alpha value is -0.300. The highest BCUT2D eigenvalue weighted by Gasteiger charge is 2.25. The van der Waals surface area contributed by atoms with Crippen LogP contribution in [0, 0.1) is 0 Å². The van der Waals surface area contributed by atoms with E-state index in [1.807, 2.05) is 12.1 Å². The summed E-state index contributed by atoms with van der Waals surface area (Å²) >= 11 is 6.95. The minimum atomic E-state index is 0.249. The summed E-state index contributed by atoms with van der Waals surface area (Å²) in [6, 6.07) is 3.80. The highest BCUT2D eigenvalue weighted by Crippen LogP contribution is 2.36. The molecule has 1 aromatic carbocycles. The molecule has 0 spiro atoms.